The van der Waals surface area contributed by atoms with Crippen molar-refractivity contribution in [2.24, 2.45) is 0 Å². The lowest BCUT2D eigenvalue weighted by atomic mass is 10.3. The van der Waals surface area contributed by atoms with Gasteiger partial charge in [-0.15, -0.1) is 0 Å². The van der Waals surface area contributed by atoms with E-state index in [1.54, 1.807) is 0 Å². The summed E-state index contributed by atoms with van der Waals surface area (Å²) in [7, 11) is -10.3. The average molecular weight is 284 g/mol. The third-order valence-corrected chi connectivity index (χ3v) is 6.17. The Hall–Kier alpha value is -0.350. The molecule has 0 bridgehead atoms. The van der Waals surface area contributed by atoms with Gasteiger partial charge in [0.2, 0.25) is 0 Å². The van der Waals surface area contributed by atoms with Crippen molar-refractivity contribution in [3.8, 4) is 0 Å². The van der Waals surface area contributed by atoms with Crippen molar-refractivity contribution in [2.45, 2.75) is 29.5 Å². The Morgan fingerprint density at radius 1 is 1.19 bits per heavy atom. The monoisotopic (exact) mass is 284 g/mol. The summed E-state index contributed by atoms with van der Waals surface area (Å²) in [6, 6.07) is 0. The number of halogens is 3. The third kappa shape index (κ3) is 3.59. The Kier molecular flexibility index (Phi) is 4.39. The molecule has 0 fully saturated rings. The second-order valence-electron chi connectivity index (χ2n) is 3.33. The van der Waals surface area contributed by atoms with Crippen molar-refractivity contribution in [1.29, 1.82) is 0 Å². The maximum atomic E-state index is 12.1. The summed E-state index contributed by atoms with van der Waals surface area (Å²) < 4.78 is 77.5. The van der Waals surface area contributed by atoms with E-state index in [1.807, 2.05) is 0 Å². The van der Waals surface area contributed by atoms with Crippen LogP contribution in [0.15, 0.2) is 0 Å². The van der Waals surface area contributed by atoms with Crippen molar-refractivity contribution >= 4 is 19.7 Å². The highest BCUT2D eigenvalue weighted by molar-refractivity contribution is 8.09. The molecule has 0 aromatic heterocycles. The van der Waals surface area contributed by atoms with Crippen molar-refractivity contribution < 1.29 is 35.1 Å². The molecule has 0 aromatic carbocycles. The largest absolute Gasteiger partial charge is 0.498 e. The lowest BCUT2D eigenvalue weighted by Crippen LogP contribution is -2.40. The van der Waals surface area contributed by atoms with Gasteiger partial charge in [-0.05, 0) is 6.92 Å². The predicted molar refractivity (Wildman–Crippen MR) is 49.9 cm³/mol. The molecule has 1 N–H and O–H groups in total. The molecule has 2 unspecified atom stereocenters. The van der Waals surface area contributed by atoms with Gasteiger partial charge in [-0.3, -0.25) is 0 Å². The van der Waals surface area contributed by atoms with E-state index in [0.29, 0.717) is 6.26 Å². The van der Waals surface area contributed by atoms with Crippen molar-refractivity contribution in [1.82, 2.24) is 0 Å². The van der Waals surface area contributed by atoms with Crippen LogP contribution < -0.4 is 0 Å². The van der Waals surface area contributed by atoms with Gasteiger partial charge in [0.1, 0.15) is 0 Å². The molecule has 0 heterocycles. The van der Waals surface area contributed by atoms with Crippen LogP contribution in [0.4, 0.5) is 13.2 Å². The normalized spacial score (nSPS) is 18.1. The average Bonchev–Trinajstić information content (AvgIpc) is 1.95. The zero-order valence-electron chi connectivity index (χ0n) is 8.39. The second kappa shape index (κ2) is 4.49. The van der Waals surface area contributed by atoms with Gasteiger partial charge in [0.05, 0.1) is 6.10 Å². The molecule has 98 valence electrons. The molecule has 2 atom stereocenters. The van der Waals surface area contributed by atoms with Gasteiger partial charge in [-0.1, -0.05) is 0 Å². The van der Waals surface area contributed by atoms with Crippen molar-refractivity contribution in [3.05, 3.63) is 0 Å². The van der Waals surface area contributed by atoms with Crippen LogP contribution in [0.3, 0.4) is 0 Å². The highest BCUT2D eigenvalue weighted by Crippen LogP contribution is 2.31. The molecule has 0 radical (unpaired) electrons. The van der Waals surface area contributed by atoms with Crippen molar-refractivity contribution in [2.75, 3.05) is 6.26 Å². The molecule has 0 aliphatic carbocycles. The number of aliphatic hydroxyl groups excluding tert-OH is 1. The van der Waals surface area contributed by atoms with Gasteiger partial charge in [0, 0.05) is 12.7 Å². The van der Waals surface area contributed by atoms with E-state index in [0.717, 1.165) is 6.92 Å². The molecular weight excluding hydrogens is 273 g/mol. The quantitative estimate of drug-likeness (QED) is 0.788. The Morgan fingerprint density at radius 3 is 1.75 bits per heavy atom. The van der Waals surface area contributed by atoms with Crippen LogP contribution in [0.25, 0.3) is 0 Å². The fraction of sp³-hybridized carbons (Fsp3) is 1.00. The van der Waals surface area contributed by atoms with Crippen LogP contribution in [0, 0.1) is 0 Å². The lowest BCUT2D eigenvalue weighted by molar-refractivity contribution is -0.0441. The summed E-state index contributed by atoms with van der Waals surface area (Å²) in [4.78, 5) is 0. The number of sulfone groups is 2. The van der Waals surface area contributed by atoms with E-state index in [1.165, 1.54) is 0 Å². The first-order valence-corrected chi connectivity index (χ1v) is 7.47. The van der Waals surface area contributed by atoms with Crippen LogP contribution in [0.2, 0.25) is 0 Å². The zero-order valence-corrected chi connectivity index (χ0v) is 10.0. The van der Waals surface area contributed by atoms with Gasteiger partial charge in [0.15, 0.2) is 14.4 Å². The number of alkyl halides is 3. The number of aliphatic hydroxyl groups is 1. The minimum absolute atomic E-state index is 0.378. The molecule has 0 aliphatic rings. The molecule has 0 spiro atoms. The highest BCUT2D eigenvalue weighted by Gasteiger charge is 2.54. The molecule has 5 nitrogen and oxygen atoms in total. The van der Waals surface area contributed by atoms with Crippen LogP contribution in [-0.2, 0) is 19.7 Å². The van der Waals surface area contributed by atoms with Gasteiger partial charge < -0.3 is 5.11 Å². The first-order chi connectivity index (χ1) is 6.80. The summed E-state index contributed by atoms with van der Waals surface area (Å²) in [6.07, 6.45) is -2.11. The van der Waals surface area contributed by atoms with E-state index in [-0.39, 0.29) is 0 Å². The fourth-order valence-electron chi connectivity index (χ4n) is 0.959. The molecule has 0 saturated carbocycles. The zero-order chi connectivity index (χ0) is 13.4. The summed E-state index contributed by atoms with van der Waals surface area (Å²) in [5.41, 5.74) is -5.66. The van der Waals surface area contributed by atoms with Gasteiger partial charge >= 0.3 is 5.51 Å². The summed E-state index contributed by atoms with van der Waals surface area (Å²) in [5.74, 6) is 0. The van der Waals surface area contributed by atoms with E-state index in [9.17, 15) is 30.0 Å². The Balaban J connectivity index is 5.57. The molecule has 0 rings (SSSR count). The van der Waals surface area contributed by atoms with Gasteiger partial charge in [0.25, 0.3) is 9.84 Å². The maximum Gasteiger partial charge on any atom is 0.498 e. The van der Waals surface area contributed by atoms with E-state index in [2.05, 4.69) is 0 Å². The minimum Gasteiger partial charge on any atom is -0.393 e. The standard InChI is InChI=1S/C6H11F3O5S2/c1-4(10)3-5(15(2,11)12)16(13,14)6(7,8)9/h4-5,10H,3H2,1-2H3. The van der Waals surface area contributed by atoms with E-state index < -0.39 is 42.3 Å². The predicted octanol–water partition coefficient (Wildman–Crippen LogP) is 0.0626. The van der Waals surface area contributed by atoms with Crippen LogP contribution in [-0.4, -0.2) is 44.4 Å². The summed E-state index contributed by atoms with van der Waals surface area (Å²) in [5, 5.41) is 8.82. The Morgan fingerprint density at radius 2 is 1.56 bits per heavy atom. The number of hydrogen-bond donors (Lipinski definition) is 1. The van der Waals surface area contributed by atoms with Gasteiger partial charge in [-0.25, -0.2) is 16.8 Å². The number of rotatable bonds is 4. The first-order valence-electron chi connectivity index (χ1n) is 3.97. The molecule has 16 heavy (non-hydrogen) atoms. The first kappa shape index (κ1) is 15.7. The molecule has 0 amide bonds. The lowest BCUT2D eigenvalue weighted by Gasteiger charge is -2.18. The van der Waals surface area contributed by atoms with Gasteiger partial charge in [-0.2, -0.15) is 13.2 Å². The fourth-order valence-corrected chi connectivity index (χ4v) is 4.59. The topological polar surface area (TPSA) is 88.5 Å². The maximum absolute atomic E-state index is 12.1. The van der Waals surface area contributed by atoms with E-state index >= 15 is 0 Å². The third-order valence-electron chi connectivity index (χ3n) is 1.68. The SMILES string of the molecule is CC(O)CC(S(C)(=O)=O)S(=O)(=O)C(F)(F)F. The van der Waals surface area contributed by atoms with E-state index in [4.69, 9.17) is 5.11 Å². The number of hydrogen-bond acceptors (Lipinski definition) is 5. The molecular formula is C6H11F3O5S2. The molecule has 0 saturated heterocycles. The molecule has 0 aliphatic heterocycles. The van der Waals surface area contributed by atoms with Crippen LogP contribution in [0.5, 0.6) is 0 Å². The van der Waals surface area contributed by atoms with Crippen LogP contribution >= 0.6 is 0 Å². The Labute approximate surface area is 91.1 Å². The highest BCUT2D eigenvalue weighted by atomic mass is 32.3. The van der Waals surface area contributed by atoms with Crippen molar-refractivity contribution in [3.63, 3.8) is 0 Å². The summed E-state index contributed by atoms with van der Waals surface area (Å²) >= 11 is 0. The molecule has 10 heteroatoms. The minimum atomic E-state index is -5.84. The Bertz CT molecular complexity index is 433. The molecule has 0 aromatic rings. The second-order valence-corrected chi connectivity index (χ2v) is 7.98. The smallest absolute Gasteiger partial charge is 0.393 e. The van der Waals surface area contributed by atoms with Crippen LogP contribution in [0.1, 0.15) is 13.3 Å². The summed E-state index contributed by atoms with van der Waals surface area (Å²) in [6.45, 7) is 1.00.